The van der Waals surface area contributed by atoms with Gasteiger partial charge in [0.2, 0.25) is 6.79 Å². The molecule has 4 unspecified atom stereocenters. The molecule has 1 aliphatic carbocycles. The zero-order valence-corrected chi connectivity index (χ0v) is 17.5. The minimum Gasteiger partial charge on any atom is -0.487 e. The zero-order chi connectivity index (χ0) is 21.3. The van der Waals surface area contributed by atoms with Crippen molar-refractivity contribution in [2.45, 2.75) is 51.9 Å². The fraction of sp³-hybridized carbons (Fsp3) is 0.417. The van der Waals surface area contributed by atoms with Crippen molar-refractivity contribution in [1.82, 2.24) is 0 Å². The third kappa shape index (κ3) is 3.56. The van der Waals surface area contributed by atoms with E-state index < -0.39 is 18.2 Å². The van der Waals surface area contributed by atoms with E-state index in [2.05, 4.69) is 11.3 Å². The summed E-state index contributed by atoms with van der Waals surface area (Å²) in [6.07, 6.45) is 4.19. The minimum atomic E-state index is -0.904. The Bertz CT molecular complexity index is 1060. The Balaban J connectivity index is 1.71. The molecular weight excluding hydrogens is 382 g/mol. The molecule has 30 heavy (non-hydrogen) atoms. The van der Waals surface area contributed by atoms with E-state index in [-0.39, 0.29) is 12.7 Å². The first-order valence-corrected chi connectivity index (χ1v) is 10.4. The molecule has 0 amide bonds. The first-order valence-electron chi connectivity index (χ1n) is 10.4. The van der Waals surface area contributed by atoms with Crippen molar-refractivity contribution in [2.75, 3.05) is 6.79 Å². The van der Waals surface area contributed by atoms with Crippen LogP contribution in [0.5, 0.6) is 17.2 Å². The molecule has 1 aliphatic heterocycles. The third-order valence-corrected chi connectivity index (χ3v) is 6.13. The average Bonchev–Trinajstić information content (AvgIpc) is 3.23. The summed E-state index contributed by atoms with van der Waals surface area (Å²) in [5, 5.41) is 15.7. The lowest BCUT2D eigenvalue weighted by molar-refractivity contribution is -0.0227. The largest absolute Gasteiger partial charge is 0.487 e. The number of ether oxygens (including phenoxy) is 3. The van der Waals surface area contributed by atoms with Crippen LogP contribution >= 0.6 is 0 Å². The molecule has 1 saturated carbocycles. The smallest absolute Gasteiger partial charge is 0.231 e. The predicted molar refractivity (Wildman–Crippen MR) is 116 cm³/mol. The highest BCUT2D eigenvalue weighted by atomic mass is 16.7. The summed E-state index contributed by atoms with van der Waals surface area (Å²) in [6, 6.07) is 9.23. The van der Waals surface area contributed by atoms with Gasteiger partial charge >= 0.3 is 0 Å². The monoisotopic (exact) mass is 409 g/mol. The standard InChI is InChI=1S/C24H27NO5/c1-4-16-17(5-2)19(30-21-9-6-14(3)23(25-27)24(21)26)11-8-18(16)15-7-10-20-22(12-15)29-13-28-20/h4-5,7-8,10-12,14,21,23-24,26H,6,9,13H2,1-3H3/b16-4+,17-5+. The van der Waals surface area contributed by atoms with Crippen LogP contribution in [0.15, 0.2) is 35.5 Å². The maximum Gasteiger partial charge on any atom is 0.231 e. The van der Waals surface area contributed by atoms with Crippen LogP contribution in [0.2, 0.25) is 0 Å². The molecule has 4 atom stereocenters. The van der Waals surface area contributed by atoms with E-state index in [1.54, 1.807) is 0 Å². The lowest BCUT2D eigenvalue weighted by Crippen LogP contribution is -2.48. The zero-order valence-electron chi connectivity index (χ0n) is 17.5. The van der Waals surface area contributed by atoms with E-state index in [0.717, 1.165) is 39.5 Å². The van der Waals surface area contributed by atoms with Gasteiger partial charge in [0.1, 0.15) is 24.0 Å². The summed E-state index contributed by atoms with van der Waals surface area (Å²) in [5.74, 6) is 2.24. The number of fused-ring (bicyclic) bond motifs is 1. The molecule has 2 aromatic rings. The second-order valence-corrected chi connectivity index (χ2v) is 7.88. The van der Waals surface area contributed by atoms with E-state index in [4.69, 9.17) is 14.2 Å². The lowest BCUT2D eigenvalue weighted by atomic mass is 9.82. The number of hydrogen-bond donors (Lipinski definition) is 1. The van der Waals surface area contributed by atoms with Crippen LogP contribution in [0.25, 0.3) is 23.3 Å². The SMILES string of the molecule is C/C=c1/c(-c2ccc3c(c2)OCO3)ccc(OC2CCC(C)C(N=O)C2O)/c1=C/C. The van der Waals surface area contributed by atoms with Crippen molar-refractivity contribution in [3.8, 4) is 28.4 Å². The number of benzene rings is 2. The number of aliphatic hydroxyl groups excluding tert-OH is 1. The number of hydrogen-bond acceptors (Lipinski definition) is 6. The van der Waals surface area contributed by atoms with Crippen LogP contribution in [0.4, 0.5) is 0 Å². The first-order chi connectivity index (χ1) is 14.6. The molecule has 0 radical (unpaired) electrons. The molecule has 1 N–H and O–H groups in total. The molecule has 0 bridgehead atoms. The Labute approximate surface area is 175 Å². The van der Waals surface area contributed by atoms with Crippen LogP contribution in [-0.2, 0) is 0 Å². The highest BCUT2D eigenvalue weighted by Crippen LogP contribution is 2.35. The molecule has 6 nitrogen and oxygen atoms in total. The molecule has 6 heteroatoms. The van der Waals surface area contributed by atoms with E-state index in [1.165, 1.54) is 0 Å². The third-order valence-electron chi connectivity index (χ3n) is 6.13. The number of aliphatic hydroxyl groups is 1. The van der Waals surface area contributed by atoms with Gasteiger partial charge in [-0.2, -0.15) is 4.91 Å². The normalized spacial score (nSPS) is 26.7. The average molecular weight is 409 g/mol. The maximum atomic E-state index is 11.2. The molecular formula is C24H27NO5. The summed E-state index contributed by atoms with van der Waals surface area (Å²) in [6.45, 7) is 6.15. The van der Waals surface area contributed by atoms with Crippen molar-refractivity contribution in [2.24, 2.45) is 11.1 Å². The molecule has 4 rings (SSSR count). The van der Waals surface area contributed by atoms with E-state index in [0.29, 0.717) is 12.2 Å². The van der Waals surface area contributed by atoms with Crippen LogP contribution in [0.3, 0.4) is 0 Å². The Morgan fingerprint density at radius 3 is 2.57 bits per heavy atom. The fourth-order valence-electron chi connectivity index (χ4n) is 4.43. The second kappa shape index (κ2) is 8.48. The van der Waals surface area contributed by atoms with Gasteiger partial charge in [0.05, 0.1) is 0 Å². The Morgan fingerprint density at radius 1 is 1.07 bits per heavy atom. The van der Waals surface area contributed by atoms with Crippen LogP contribution in [0, 0.1) is 10.8 Å². The summed E-state index contributed by atoms with van der Waals surface area (Å²) >= 11 is 0. The van der Waals surface area contributed by atoms with Gasteiger partial charge in [-0.15, -0.1) is 0 Å². The van der Waals surface area contributed by atoms with Crippen molar-refractivity contribution in [1.29, 1.82) is 0 Å². The van der Waals surface area contributed by atoms with Crippen molar-refractivity contribution in [3.63, 3.8) is 0 Å². The topological polar surface area (TPSA) is 77.3 Å². The molecule has 2 aromatic carbocycles. The Morgan fingerprint density at radius 2 is 1.83 bits per heavy atom. The van der Waals surface area contributed by atoms with E-state index in [9.17, 15) is 10.0 Å². The summed E-state index contributed by atoms with van der Waals surface area (Å²) in [4.78, 5) is 11.2. The molecule has 2 aliphatic rings. The quantitative estimate of drug-likeness (QED) is 0.784. The molecule has 1 heterocycles. The molecule has 0 aromatic heterocycles. The summed E-state index contributed by atoms with van der Waals surface area (Å²) in [7, 11) is 0. The lowest BCUT2D eigenvalue weighted by Gasteiger charge is -2.35. The van der Waals surface area contributed by atoms with Crippen LogP contribution < -0.4 is 24.6 Å². The highest BCUT2D eigenvalue weighted by molar-refractivity contribution is 5.70. The number of nitrogens with zero attached hydrogens (tertiary/aromatic N) is 1. The van der Waals surface area contributed by atoms with Gasteiger partial charge in [-0.05, 0) is 67.2 Å². The van der Waals surface area contributed by atoms with Crippen molar-refractivity contribution < 1.29 is 19.3 Å². The van der Waals surface area contributed by atoms with Gasteiger partial charge in [-0.3, -0.25) is 0 Å². The maximum absolute atomic E-state index is 11.2. The number of rotatable bonds is 4. The number of nitroso groups, excluding NO2 is 1. The molecule has 0 saturated heterocycles. The van der Waals surface area contributed by atoms with Crippen LogP contribution in [-0.4, -0.2) is 30.1 Å². The minimum absolute atomic E-state index is 0.0578. The van der Waals surface area contributed by atoms with Gasteiger partial charge in [-0.1, -0.05) is 36.4 Å². The summed E-state index contributed by atoms with van der Waals surface area (Å²) < 4.78 is 17.2. The van der Waals surface area contributed by atoms with Gasteiger partial charge in [0.25, 0.3) is 0 Å². The van der Waals surface area contributed by atoms with Crippen LogP contribution in [0.1, 0.15) is 33.6 Å². The van der Waals surface area contributed by atoms with E-state index in [1.807, 2.05) is 57.2 Å². The molecule has 158 valence electrons. The first kappa shape index (κ1) is 20.4. The van der Waals surface area contributed by atoms with E-state index >= 15 is 0 Å². The van der Waals surface area contributed by atoms with Gasteiger partial charge in [0.15, 0.2) is 11.5 Å². The van der Waals surface area contributed by atoms with Crippen molar-refractivity contribution in [3.05, 3.63) is 45.7 Å². The molecule has 0 spiro atoms. The van der Waals surface area contributed by atoms with Gasteiger partial charge in [0, 0.05) is 5.22 Å². The predicted octanol–water partition coefficient (Wildman–Crippen LogP) is 3.36. The Kier molecular flexibility index (Phi) is 5.77. The summed E-state index contributed by atoms with van der Waals surface area (Å²) in [5.41, 5.74) is 2.08. The Hall–Kier alpha value is -2.86. The second-order valence-electron chi connectivity index (χ2n) is 7.88. The van der Waals surface area contributed by atoms with Gasteiger partial charge < -0.3 is 19.3 Å². The van der Waals surface area contributed by atoms with Gasteiger partial charge in [-0.25, -0.2) is 0 Å². The highest BCUT2D eigenvalue weighted by Gasteiger charge is 2.39. The van der Waals surface area contributed by atoms with Crippen molar-refractivity contribution >= 4 is 12.2 Å². The fourth-order valence-corrected chi connectivity index (χ4v) is 4.43. The molecule has 1 fully saturated rings.